The third-order valence-electron chi connectivity index (χ3n) is 2.90. The summed E-state index contributed by atoms with van der Waals surface area (Å²) in [5.41, 5.74) is 10.3. The number of hydrogen-bond acceptors (Lipinski definition) is 2. The molecule has 2 aromatic rings. The average Bonchev–Trinajstić information content (AvgIpc) is 2.26. The van der Waals surface area contributed by atoms with Crippen molar-refractivity contribution in [2.75, 3.05) is 5.73 Å². The minimum Gasteiger partial charge on any atom is -0.383 e. The quantitative estimate of drug-likeness (QED) is 0.881. The first kappa shape index (κ1) is 11.9. The Labute approximate surface area is 106 Å². The molecule has 1 aromatic heterocycles. The van der Waals surface area contributed by atoms with Crippen LogP contribution in [0.1, 0.15) is 22.3 Å². The molecule has 0 bridgehead atoms. The second-order valence-electron chi connectivity index (χ2n) is 4.26. The minimum atomic E-state index is 0.585. The van der Waals surface area contributed by atoms with Crippen molar-refractivity contribution >= 4 is 17.4 Å². The molecule has 88 valence electrons. The molecule has 0 aliphatic carbocycles. The first-order valence-electron chi connectivity index (χ1n) is 5.53. The Kier molecular flexibility index (Phi) is 3.34. The van der Waals surface area contributed by atoms with Crippen molar-refractivity contribution in [1.82, 2.24) is 4.98 Å². The van der Waals surface area contributed by atoms with E-state index in [1.807, 2.05) is 32.0 Å². The molecule has 0 aliphatic heterocycles. The van der Waals surface area contributed by atoms with E-state index in [4.69, 9.17) is 17.3 Å². The van der Waals surface area contributed by atoms with Crippen LogP contribution in [0.25, 0.3) is 0 Å². The highest BCUT2D eigenvalue weighted by Crippen LogP contribution is 2.24. The van der Waals surface area contributed by atoms with Crippen LogP contribution in [0.4, 0.5) is 5.82 Å². The van der Waals surface area contributed by atoms with E-state index in [9.17, 15) is 0 Å². The number of aromatic nitrogens is 1. The van der Waals surface area contributed by atoms with Crippen molar-refractivity contribution in [2.24, 2.45) is 0 Å². The maximum absolute atomic E-state index is 6.22. The summed E-state index contributed by atoms with van der Waals surface area (Å²) in [6, 6.07) is 8.04. The summed E-state index contributed by atoms with van der Waals surface area (Å²) in [6.45, 7) is 4.06. The first-order chi connectivity index (χ1) is 8.08. The zero-order valence-electron chi connectivity index (χ0n) is 10.00. The molecule has 17 heavy (non-hydrogen) atoms. The van der Waals surface area contributed by atoms with Crippen LogP contribution in [0, 0.1) is 13.8 Å². The summed E-state index contributed by atoms with van der Waals surface area (Å²) >= 11 is 6.22. The molecular formula is C14H15ClN2. The molecule has 2 N–H and O–H groups in total. The van der Waals surface area contributed by atoms with Crippen molar-refractivity contribution in [3.8, 4) is 0 Å². The smallest absolute Gasteiger partial charge is 0.127 e. The van der Waals surface area contributed by atoms with Crippen LogP contribution < -0.4 is 5.73 Å². The summed E-state index contributed by atoms with van der Waals surface area (Å²) in [6.07, 6.45) is 2.45. The molecule has 0 radical (unpaired) electrons. The molecule has 1 heterocycles. The Morgan fingerprint density at radius 1 is 1.24 bits per heavy atom. The first-order valence-corrected chi connectivity index (χ1v) is 5.90. The fraction of sp³-hybridized carbons (Fsp3) is 0.214. The molecule has 2 nitrogen and oxygen atoms in total. The van der Waals surface area contributed by atoms with E-state index in [1.165, 1.54) is 0 Å². The highest BCUT2D eigenvalue weighted by atomic mass is 35.5. The van der Waals surface area contributed by atoms with Gasteiger partial charge in [0.1, 0.15) is 5.82 Å². The largest absolute Gasteiger partial charge is 0.383 e. The molecule has 3 heteroatoms. The molecule has 0 spiro atoms. The van der Waals surface area contributed by atoms with Crippen LogP contribution in [-0.2, 0) is 6.42 Å². The zero-order chi connectivity index (χ0) is 12.4. The van der Waals surface area contributed by atoms with Gasteiger partial charge in [0.15, 0.2) is 0 Å². The van der Waals surface area contributed by atoms with E-state index in [2.05, 4.69) is 11.1 Å². The maximum atomic E-state index is 6.22. The number of benzene rings is 1. The fourth-order valence-corrected chi connectivity index (χ4v) is 2.13. The van der Waals surface area contributed by atoms with Gasteiger partial charge < -0.3 is 5.73 Å². The van der Waals surface area contributed by atoms with Crippen LogP contribution in [0.15, 0.2) is 30.5 Å². The number of halogens is 1. The minimum absolute atomic E-state index is 0.585. The van der Waals surface area contributed by atoms with Gasteiger partial charge in [-0.15, -0.1) is 0 Å². The van der Waals surface area contributed by atoms with Crippen LogP contribution in [0.5, 0.6) is 0 Å². The third-order valence-corrected chi connectivity index (χ3v) is 3.25. The van der Waals surface area contributed by atoms with Gasteiger partial charge in [0.2, 0.25) is 0 Å². The van der Waals surface area contributed by atoms with E-state index >= 15 is 0 Å². The lowest BCUT2D eigenvalue weighted by molar-refractivity contribution is 1.12. The molecule has 1 aromatic carbocycles. The predicted octanol–water partition coefficient (Wildman–Crippen LogP) is 3.52. The van der Waals surface area contributed by atoms with Crippen LogP contribution in [0.2, 0.25) is 5.02 Å². The summed E-state index contributed by atoms with van der Waals surface area (Å²) < 4.78 is 0. The number of nitrogens with zero attached hydrogens (tertiary/aromatic N) is 1. The molecule has 0 unspecified atom stereocenters. The Morgan fingerprint density at radius 2 is 2.00 bits per heavy atom. The van der Waals surface area contributed by atoms with Gasteiger partial charge in [-0.1, -0.05) is 23.7 Å². The fourth-order valence-electron chi connectivity index (χ4n) is 1.83. The van der Waals surface area contributed by atoms with E-state index < -0.39 is 0 Å². The predicted molar refractivity (Wildman–Crippen MR) is 72.4 cm³/mol. The van der Waals surface area contributed by atoms with Crippen LogP contribution in [-0.4, -0.2) is 4.98 Å². The van der Waals surface area contributed by atoms with Gasteiger partial charge >= 0.3 is 0 Å². The lowest BCUT2D eigenvalue weighted by atomic mass is 10.0. The lowest BCUT2D eigenvalue weighted by Gasteiger charge is -2.10. The number of nitrogen functional groups attached to an aromatic ring is 1. The van der Waals surface area contributed by atoms with Gasteiger partial charge in [-0.2, -0.15) is 0 Å². The van der Waals surface area contributed by atoms with Crippen molar-refractivity contribution in [2.45, 2.75) is 20.3 Å². The zero-order valence-corrected chi connectivity index (χ0v) is 10.8. The Hall–Kier alpha value is -1.54. The van der Waals surface area contributed by atoms with Gasteiger partial charge in [-0.25, -0.2) is 4.98 Å². The van der Waals surface area contributed by atoms with Crippen molar-refractivity contribution < 1.29 is 0 Å². The van der Waals surface area contributed by atoms with Gasteiger partial charge in [-0.3, -0.25) is 0 Å². The lowest BCUT2D eigenvalue weighted by Crippen LogP contribution is -2.01. The number of anilines is 1. The second-order valence-corrected chi connectivity index (χ2v) is 4.67. The molecular weight excluding hydrogens is 232 g/mol. The van der Waals surface area contributed by atoms with Crippen LogP contribution >= 0.6 is 11.6 Å². The molecule has 2 rings (SSSR count). The molecule has 0 saturated heterocycles. The average molecular weight is 247 g/mol. The topological polar surface area (TPSA) is 38.9 Å². The van der Waals surface area contributed by atoms with E-state index in [0.29, 0.717) is 5.82 Å². The molecule has 0 amide bonds. The van der Waals surface area contributed by atoms with Crippen molar-refractivity contribution in [3.63, 3.8) is 0 Å². The highest BCUT2D eigenvalue weighted by molar-refractivity contribution is 6.31. The van der Waals surface area contributed by atoms with Crippen molar-refractivity contribution in [3.05, 3.63) is 57.7 Å². The van der Waals surface area contributed by atoms with E-state index in [0.717, 1.165) is 33.7 Å². The van der Waals surface area contributed by atoms with Gasteiger partial charge in [0.05, 0.1) is 0 Å². The van der Waals surface area contributed by atoms with Crippen molar-refractivity contribution in [1.29, 1.82) is 0 Å². The second kappa shape index (κ2) is 4.76. The summed E-state index contributed by atoms with van der Waals surface area (Å²) in [7, 11) is 0. The third kappa shape index (κ3) is 2.59. The molecule has 0 aliphatic rings. The summed E-state index contributed by atoms with van der Waals surface area (Å²) in [5.74, 6) is 0.585. The monoisotopic (exact) mass is 246 g/mol. The summed E-state index contributed by atoms with van der Waals surface area (Å²) in [4.78, 5) is 4.12. The standard InChI is InChI=1S/C14H15ClN2/c1-9-3-4-11(13(15)7-9)8-12-10(2)5-6-17-14(12)16/h3-7H,8H2,1-2H3,(H2,16,17). The van der Waals surface area contributed by atoms with E-state index in [-0.39, 0.29) is 0 Å². The Bertz CT molecular complexity index is 530. The number of aryl methyl sites for hydroxylation is 2. The van der Waals surface area contributed by atoms with Crippen LogP contribution in [0.3, 0.4) is 0 Å². The normalized spacial score (nSPS) is 10.5. The number of rotatable bonds is 2. The SMILES string of the molecule is Cc1ccc(Cc2c(C)ccnc2N)c(Cl)c1. The highest BCUT2D eigenvalue weighted by Gasteiger charge is 2.08. The molecule has 0 atom stereocenters. The molecule has 0 saturated carbocycles. The van der Waals surface area contributed by atoms with Gasteiger partial charge in [0.25, 0.3) is 0 Å². The molecule has 0 fully saturated rings. The van der Waals surface area contributed by atoms with E-state index in [1.54, 1.807) is 6.20 Å². The Morgan fingerprint density at radius 3 is 2.65 bits per heavy atom. The number of pyridine rings is 1. The summed E-state index contributed by atoms with van der Waals surface area (Å²) in [5, 5.41) is 0.785. The Balaban J connectivity index is 2.38. The number of nitrogens with two attached hydrogens (primary N) is 1. The van der Waals surface area contributed by atoms with Gasteiger partial charge in [0, 0.05) is 23.2 Å². The van der Waals surface area contributed by atoms with Gasteiger partial charge in [-0.05, 0) is 42.7 Å². The maximum Gasteiger partial charge on any atom is 0.127 e. The number of hydrogen-bond donors (Lipinski definition) is 1.